The number of nitrogens with one attached hydrogen (secondary N) is 2. The number of piperazine rings is 1. The number of hydrogen-bond acceptors (Lipinski definition) is 9. The lowest BCUT2D eigenvalue weighted by molar-refractivity contribution is 0.485. The molecule has 1 aliphatic rings. The molecule has 0 radical (unpaired) electrons. The normalized spacial score (nSPS) is 16.0. The van der Waals surface area contributed by atoms with Gasteiger partial charge in [0.25, 0.3) is 5.56 Å². The molecule has 0 saturated carbocycles. The van der Waals surface area contributed by atoms with Gasteiger partial charge in [-0.1, -0.05) is 12.1 Å². The van der Waals surface area contributed by atoms with Gasteiger partial charge >= 0.3 is 0 Å². The maximum Gasteiger partial charge on any atom is 0.278 e. The molecule has 5 rings (SSSR count). The summed E-state index contributed by atoms with van der Waals surface area (Å²) in [4.78, 5) is 29.2. The maximum atomic E-state index is 13.2. The Balaban J connectivity index is 1.51. The quantitative estimate of drug-likeness (QED) is 0.348. The van der Waals surface area contributed by atoms with Crippen molar-refractivity contribution in [3.05, 3.63) is 71.7 Å². The van der Waals surface area contributed by atoms with Gasteiger partial charge in [-0.2, -0.15) is 9.35 Å². The fraction of sp³-hybridized carbons (Fsp3) is 0.308. The van der Waals surface area contributed by atoms with E-state index in [0.29, 0.717) is 34.7 Å². The lowest BCUT2D eigenvalue weighted by atomic mass is 10.2. The first-order chi connectivity index (χ1) is 18.2. The Bertz CT molecular complexity index is 1660. The van der Waals surface area contributed by atoms with Gasteiger partial charge in [-0.3, -0.25) is 4.79 Å². The van der Waals surface area contributed by atoms with E-state index < -0.39 is 9.73 Å². The molecule has 1 fully saturated rings. The van der Waals surface area contributed by atoms with E-state index in [4.69, 9.17) is 0 Å². The molecule has 4 aromatic rings. The van der Waals surface area contributed by atoms with Crippen LogP contribution in [0.5, 0.6) is 0 Å². The molecule has 0 aliphatic carbocycles. The summed E-state index contributed by atoms with van der Waals surface area (Å²) in [6, 6.07) is 13.8. The van der Waals surface area contributed by atoms with E-state index in [1.807, 2.05) is 12.1 Å². The second-order valence-corrected chi connectivity index (χ2v) is 12.1. The van der Waals surface area contributed by atoms with Crippen LogP contribution < -0.4 is 21.1 Å². The molecule has 12 heteroatoms. The molecule has 1 aliphatic heterocycles. The van der Waals surface area contributed by atoms with Gasteiger partial charge in [-0.05, 0) is 43.3 Å². The predicted octanol–water partition coefficient (Wildman–Crippen LogP) is 3.06. The molecule has 2 N–H and O–H groups in total. The highest BCUT2D eigenvalue weighted by atomic mass is 32.2. The zero-order chi connectivity index (χ0) is 26.9. The second kappa shape index (κ2) is 10.4. The summed E-state index contributed by atoms with van der Waals surface area (Å²) < 4.78 is 19.5. The zero-order valence-corrected chi connectivity index (χ0v) is 22.5. The highest BCUT2D eigenvalue weighted by Gasteiger charge is 2.19. The van der Waals surface area contributed by atoms with Gasteiger partial charge in [0.1, 0.15) is 5.39 Å². The van der Waals surface area contributed by atoms with Gasteiger partial charge in [0.15, 0.2) is 17.3 Å². The highest BCUT2D eigenvalue weighted by molar-refractivity contribution is 7.92. The van der Waals surface area contributed by atoms with E-state index >= 15 is 0 Å². The Morgan fingerprint density at radius 3 is 2.71 bits per heavy atom. The molecule has 11 nitrogen and oxygen atoms in total. The third kappa shape index (κ3) is 5.46. The summed E-state index contributed by atoms with van der Waals surface area (Å²) in [6.45, 7) is 9.09. The highest BCUT2D eigenvalue weighted by Crippen LogP contribution is 2.23. The van der Waals surface area contributed by atoms with Gasteiger partial charge in [0, 0.05) is 65.5 Å². The van der Waals surface area contributed by atoms with Crippen molar-refractivity contribution in [1.29, 1.82) is 0 Å². The topological polar surface area (TPSA) is 122 Å². The SMILES string of the molecule is C=CCn1c(=O)c2cnc(Nc3ccc(N4CCN[C@H](C)C4)cc3)nc2n1-c1cccc(N=S(C)(C)=O)n1. The van der Waals surface area contributed by atoms with Crippen LogP contribution >= 0.6 is 0 Å². The number of rotatable bonds is 7. The molecule has 38 heavy (non-hydrogen) atoms. The second-order valence-electron chi connectivity index (χ2n) is 9.52. The summed E-state index contributed by atoms with van der Waals surface area (Å²) in [7, 11) is -2.41. The monoisotopic (exact) mass is 533 g/mol. The number of hydrogen-bond donors (Lipinski definition) is 2. The smallest absolute Gasteiger partial charge is 0.278 e. The zero-order valence-electron chi connectivity index (χ0n) is 21.7. The minimum Gasteiger partial charge on any atom is -0.369 e. The lowest BCUT2D eigenvalue weighted by Gasteiger charge is -2.33. The Labute approximate surface area is 221 Å². The van der Waals surface area contributed by atoms with Crippen LogP contribution in [-0.2, 0) is 16.3 Å². The number of fused-ring (bicyclic) bond motifs is 1. The van der Waals surface area contributed by atoms with Crippen LogP contribution in [0, 0.1) is 0 Å². The first-order valence-electron chi connectivity index (χ1n) is 12.3. The van der Waals surface area contributed by atoms with Gasteiger partial charge in [0.05, 0.1) is 6.54 Å². The Morgan fingerprint density at radius 2 is 2.00 bits per heavy atom. The number of allylic oxidation sites excluding steroid dienone is 1. The molecule has 1 atom stereocenters. The molecule has 0 spiro atoms. The molecule has 4 heterocycles. The summed E-state index contributed by atoms with van der Waals surface area (Å²) in [5.74, 6) is 1.07. The van der Waals surface area contributed by atoms with Crippen LogP contribution in [-0.4, -0.2) is 66.7 Å². The van der Waals surface area contributed by atoms with Gasteiger partial charge < -0.3 is 15.5 Å². The average molecular weight is 534 g/mol. The summed E-state index contributed by atoms with van der Waals surface area (Å²) in [5.41, 5.74) is 2.12. The Hall–Kier alpha value is -4.03. The van der Waals surface area contributed by atoms with E-state index in [0.717, 1.165) is 31.0 Å². The van der Waals surface area contributed by atoms with E-state index in [1.54, 1.807) is 41.5 Å². The van der Waals surface area contributed by atoms with Crippen molar-refractivity contribution in [1.82, 2.24) is 29.6 Å². The molecule has 0 amide bonds. The van der Waals surface area contributed by atoms with E-state index in [2.05, 4.69) is 60.5 Å². The van der Waals surface area contributed by atoms with Crippen molar-refractivity contribution in [3.63, 3.8) is 0 Å². The Morgan fingerprint density at radius 1 is 1.21 bits per heavy atom. The summed E-state index contributed by atoms with van der Waals surface area (Å²) in [5, 5.41) is 7.05. The predicted molar refractivity (Wildman–Crippen MR) is 153 cm³/mol. The molecule has 198 valence electrons. The largest absolute Gasteiger partial charge is 0.369 e. The van der Waals surface area contributed by atoms with Crippen molar-refractivity contribution in [2.75, 3.05) is 42.4 Å². The fourth-order valence-electron chi connectivity index (χ4n) is 4.47. The minimum absolute atomic E-state index is 0.241. The molecule has 1 aromatic carbocycles. The average Bonchev–Trinajstić information content (AvgIpc) is 3.14. The van der Waals surface area contributed by atoms with Crippen molar-refractivity contribution in [2.24, 2.45) is 4.36 Å². The fourth-order valence-corrected chi connectivity index (χ4v) is 5.02. The van der Waals surface area contributed by atoms with Crippen LogP contribution in [0.3, 0.4) is 0 Å². The Kier molecular flexibility index (Phi) is 7.00. The van der Waals surface area contributed by atoms with Gasteiger partial charge in [-0.25, -0.2) is 23.5 Å². The molecule has 1 saturated heterocycles. The van der Waals surface area contributed by atoms with Crippen molar-refractivity contribution >= 4 is 43.9 Å². The van der Waals surface area contributed by atoms with Gasteiger partial charge in [0.2, 0.25) is 5.95 Å². The standard InChI is InChI=1S/C26H31N9O2S/c1-5-14-34-25(36)21-16-28-26(29-19-9-11-20(12-10-19)33-15-13-27-18(2)17-33)31-24(21)35(34)23-8-6-7-22(30-23)32-38(3,4)37/h5-12,16,18,27H,1,13-15,17H2,2-4H3,(H,28,29,31)/t18-/m1/s1. The van der Waals surface area contributed by atoms with Crippen LogP contribution in [0.4, 0.5) is 23.1 Å². The molecular formula is C26H31N9O2S. The number of benzene rings is 1. The molecule has 3 aromatic heterocycles. The van der Waals surface area contributed by atoms with Crippen LogP contribution in [0.15, 0.2) is 70.5 Å². The van der Waals surface area contributed by atoms with E-state index in [9.17, 15) is 9.00 Å². The first kappa shape index (κ1) is 25.6. The third-order valence-electron chi connectivity index (χ3n) is 6.08. The maximum absolute atomic E-state index is 13.2. The minimum atomic E-state index is -2.41. The molecule has 0 bridgehead atoms. The molecule has 0 unspecified atom stereocenters. The number of aromatic nitrogens is 5. The van der Waals surface area contributed by atoms with Crippen LogP contribution in [0.2, 0.25) is 0 Å². The molecular weight excluding hydrogens is 502 g/mol. The number of pyridine rings is 1. The van der Waals surface area contributed by atoms with E-state index in [-0.39, 0.29) is 12.1 Å². The summed E-state index contributed by atoms with van der Waals surface area (Å²) >= 11 is 0. The first-order valence-corrected chi connectivity index (χ1v) is 14.6. The summed E-state index contributed by atoms with van der Waals surface area (Å²) in [6.07, 6.45) is 6.23. The van der Waals surface area contributed by atoms with Crippen molar-refractivity contribution in [3.8, 4) is 5.82 Å². The van der Waals surface area contributed by atoms with Crippen LogP contribution in [0.25, 0.3) is 16.9 Å². The van der Waals surface area contributed by atoms with E-state index in [1.165, 1.54) is 10.9 Å². The van der Waals surface area contributed by atoms with Crippen molar-refractivity contribution < 1.29 is 4.21 Å². The number of nitrogens with zero attached hydrogens (tertiary/aromatic N) is 7. The van der Waals surface area contributed by atoms with Gasteiger partial charge in [-0.15, -0.1) is 6.58 Å². The lowest BCUT2D eigenvalue weighted by Crippen LogP contribution is -2.49. The number of anilines is 3. The third-order valence-corrected chi connectivity index (χ3v) is 6.71. The van der Waals surface area contributed by atoms with Crippen LogP contribution in [0.1, 0.15) is 6.92 Å². The van der Waals surface area contributed by atoms with Crippen molar-refractivity contribution in [2.45, 2.75) is 19.5 Å².